The van der Waals surface area contributed by atoms with E-state index in [0.29, 0.717) is 13.1 Å². The summed E-state index contributed by atoms with van der Waals surface area (Å²) < 4.78 is 40.4. The molecule has 7 heteroatoms. The summed E-state index contributed by atoms with van der Waals surface area (Å²) in [6, 6.07) is 11.6. The maximum atomic E-state index is 13.5. The summed E-state index contributed by atoms with van der Waals surface area (Å²) >= 11 is 0. The molecular weight excluding hydrogens is 427 g/mol. The molecule has 0 N–H and O–H groups in total. The largest absolute Gasteiger partial charge is 0.416 e. The number of benzene rings is 2. The Morgan fingerprint density at radius 1 is 1.09 bits per heavy atom. The van der Waals surface area contributed by atoms with E-state index in [1.165, 1.54) is 34.2 Å². The second-order valence-corrected chi connectivity index (χ2v) is 8.65. The molecule has 0 saturated heterocycles. The summed E-state index contributed by atoms with van der Waals surface area (Å²) in [5.74, 6) is -0.297. The highest BCUT2D eigenvalue weighted by Gasteiger charge is 2.33. The van der Waals surface area contributed by atoms with E-state index in [-0.39, 0.29) is 18.0 Å². The predicted molar refractivity (Wildman–Crippen MR) is 126 cm³/mol. The lowest BCUT2D eigenvalue weighted by atomic mass is 9.94. The van der Waals surface area contributed by atoms with Crippen LogP contribution in [0.5, 0.6) is 0 Å². The summed E-state index contributed by atoms with van der Waals surface area (Å²) in [5.41, 5.74) is 2.90. The maximum Gasteiger partial charge on any atom is 0.416 e. The van der Waals surface area contributed by atoms with E-state index < -0.39 is 11.7 Å². The van der Waals surface area contributed by atoms with Crippen LogP contribution in [0, 0.1) is 0 Å². The normalized spacial score (nSPS) is 14.6. The number of rotatable bonds is 8. The fraction of sp³-hybridized carbons (Fsp3) is 0.423. The second-order valence-electron chi connectivity index (χ2n) is 8.65. The highest BCUT2D eigenvalue weighted by molar-refractivity contribution is 5.92. The van der Waals surface area contributed by atoms with E-state index in [0.717, 1.165) is 37.7 Å². The van der Waals surface area contributed by atoms with Crippen molar-refractivity contribution in [1.82, 2.24) is 14.7 Å². The monoisotopic (exact) mass is 459 g/mol. The number of carbonyl (C=O) groups excluding carboxylic acids is 1. The molecule has 0 fully saturated rings. The molecule has 0 aromatic heterocycles. The second kappa shape index (κ2) is 11.0. The topological polar surface area (TPSA) is 26.8 Å². The highest BCUT2D eigenvalue weighted by Crippen LogP contribution is 2.32. The number of nitrogens with zero attached hydrogens (tertiary/aromatic N) is 3. The summed E-state index contributed by atoms with van der Waals surface area (Å²) in [6.07, 6.45) is -0.191. The molecule has 0 spiro atoms. The SMILES string of the molecule is CCN1CCc2cccc(/C=C/C(=O)N(CCN(C)C)Cc3ccccc3C(F)(F)F)c2C1. The first-order valence-electron chi connectivity index (χ1n) is 11.3. The van der Waals surface area contributed by atoms with E-state index in [1.807, 2.05) is 31.1 Å². The van der Waals surface area contributed by atoms with Gasteiger partial charge >= 0.3 is 6.18 Å². The Balaban J connectivity index is 1.84. The van der Waals surface area contributed by atoms with Gasteiger partial charge in [-0.3, -0.25) is 9.69 Å². The Kier molecular flexibility index (Phi) is 8.32. The van der Waals surface area contributed by atoms with Gasteiger partial charge in [0.15, 0.2) is 0 Å². The van der Waals surface area contributed by atoms with Gasteiger partial charge in [0.1, 0.15) is 0 Å². The zero-order valence-corrected chi connectivity index (χ0v) is 19.5. The first kappa shape index (κ1) is 25.0. The average molecular weight is 460 g/mol. The Morgan fingerprint density at radius 2 is 1.85 bits per heavy atom. The average Bonchev–Trinajstić information content (AvgIpc) is 2.79. The Bertz CT molecular complexity index is 985. The number of hydrogen-bond acceptors (Lipinski definition) is 3. The smallest absolute Gasteiger partial charge is 0.334 e. The fourth-order valence-electron chi connectivity index (χ4n) is 4.08. The molecule has 33 heavy (non-hydrogen) atoms. The van der Waals surface area contributed by atoms with Crippen LogP contribution < -0.4 is 0 Å². The predicted octanol–water partition coefficient (Wildman–Crippen LogP) is 4.69. The van der Waals surface area contributed by atoms with E-state index >= 15 is 0 Å². The summed E-state index contributed by atoms with van der Waals surface area (Å²) in [7, 11) is 3.75. The molecule has 1 aliphatic rings. The lowest BCUT2D eigenvalue weighted by Gasteiger charge is -2.28. The van der Waals surface area contributed by atoms with Crippen molar-refractivity contribution in [2.75, 3.05) is 40.3 Å². The fourth-order valence-corrected chi connectivity index (χ4v) is 4.08. The van der Waals surface area contributed by atoms with Gasteiger partial charge in [0, 0.05) is 38.8 Å². The van der Waals surface area contributed by atoms with Crippen LogP contribution in [-0.4, -0.2) is 60.9 Å². The van der Waals surface area contributed by atoms with Crippen molar-refractivity contribution in [3.8, 4) is 0 Å². The third-order valence-electron chi connectivity index (χ3n) is 6.05. The number of fused-ring (bicyclic) bond motifs is 1. The first-order valence-corrected chi connectivity index (χ1v) is 11.3. The first-order chi connectivity index (χ1) is 15.7. The zero-order chi connectivity index (χ0) is 24.0. The molecule has 4 nitrogen and oxygen atoms in total. The van der Waals surface area contributed by atoms with Crippen molar-refractivity contribution < 1.29 is 18.0 Å². The Morgan fingerprint density at radius 3 is 2.55 bits per heavy atom. The van der Waals surface area contributed by atoms with Gasteiger partial charge in [0.2, 0.25) is 5.91 Å². The molecule has 3 rings (SSSR count). The lowest BCUT2D eigenvalue weighted by Crippen LogP contribution is -2.35. The van der Waals surface area contributed by atoms with E-state index in [2.05, 4.69) is 17.9 Å². The van der Waals surface area contributed by atoms with Gasteiger partial charge in [-0.15, -0.1) is 0 Å². The minimum absolute atomic E-state index is 0.0940. The molecule has 0 unspecified atom stereocenters. The minimum Gasteiger partial charge on any atom is -0.334 e. The third kappa shape index (κ3) is 6.68. The molecule has 1 amide bonds. The molecule has 0 atom stereocenters. The summed E-state index contributed by atoms with van der Waals surface area (Å²) in [5, 5.41) is 0. The molecule has 0 bridgehead atoms. The molecule has 0 aliphatic carbocycles. The molecule has 2 aromatic carbocycles. The third-order valence-corrected chi connectivity index (χ3v) is 6.05. The van der Waals surface area contributed by atoms with Gasteiger partial charge < -0.3 is 9.80 Å². The number of amides is 1. The van der Waals surface area contributed by atoms with Crippen LogP contribution in [0.2, 0.25) is 0 Å². The van der Waals surface area contributed by atoms with Crippen molar-refractivity contribution in [2.45, 2.75) is 32.6 Å². The van der Waals surface area contributed by atoms with Gasteiger partial charge in [0.05, 0.1) is 5.56 Å². The van der Waals surface area contributed by atoms with Crippen molar-refractivity contribution in [2.24, 2.45) is 0 Å². The van der Waals surface area contributed by atoms with Crippen molar-refractivity contribution in [1.29, 1.82) is 0 Å². The van der Waals surface area contributed by atoms with Gasteiger partial charge in [-0.1, -0.05) is 43.3 Å². The van der Waals surface area contributed by atoms with Crippen LogP contribution in [0.3, 0.4) is 0 Å². The zero-order valence-electron chi connectivity index (χ0n) is 19.5. The quantitative estimate of drug-likeness (QED) is 0.536. The molecule has 0 radical (unpaired) electrons. The molecule has 1 heterocycles. The number of hydrogen-bond donors (Lipinski definition) is 0. The molecule has 2 aromatic rings. The van der Waals surface area contributed by atoms with Crippen molar-refractivity contribution in [3.63, 3.8) is 0 Å². The summed E-state index contributed by atoms with van der Waals surface area (Å²) in [4.78, 5) is 18.9. The molecular formula is C26H32F3N3O. The summed E-state index contributed by atoms with van der Waals surface area (Å²) in [6.45, 7) is 5.75. The highest BCUT2D eigenvalue weighted by atomic mass is 19.4. The minimum atomic E-state index is -4.46. The molecule has 1 aliphatic heterocycles. The molecule has 178 valence electrons. The van der Waals surface area contributed by atoms with Crippen molar-refractivity contribution in [3.05, 3.63) is 76.4 Å². The number of halogens is 3. The van der Waals surface area contributed by atoms with Crippen LogP contribution in [0.25, 0.3) is 6.08 Å². The van der Waals surface area contributed by atoms with Gasteiger partial charge in [-0.2, -0.15) is 13.2 Å². The number of likely N-dealkylation sites (N-methyl/N-ethyl adjacent to an activating group) is 2. The number of carbonyl (C=O) groups is 1. The number of alkyl halides is 3. The van der Waals surface area contributed by atoms with Gasteiger partial charge in [0.25, 0.3) is 0 Å². The van der Waals surface area contributed by atoms with Crippen molar-refractivity contribution >= 4 is 12.0 Å². The van der Waals surface area contributed by atoms with Crippen LogP contribution >= 0.6 is 0 Å². The Hall–Kier alpha value is -2.64. The Labute approximate surface area is 194 Å². The van der Waals surface area contributed by atoms with E-state index in [4.69, 9.17) is 0 Å². The van der Waals surface area contributed by atoms with Crippen LogP contribution in [0.4, 0.5) is 13.2 Å². The lowest BCUT2D eigenvalue weighted by molar-refractivity contribution is -0.139. The standard InChI is InChI=1S/C26H32F3N3O/c1-4-31-15-14-21-10-7-9-20(23(21)19-31)12-13-25(33)32(17-16-30(2)3)18-22-8-5-6-11-24(22)26(27,28)29/h5-13H,4,14-19H2,1-3H3/b13-12+. The van der Waals surface area contributed by atoms with Crippen LogP contribution in [0.1, 0.15) is 34.7 Å². The van der Waals surface area contributed by atoms with E-state index in [1.54, 1.807) is 12.1 Å². The molecule has 0 saturated carbocycles. The van der Waals surface area contributed by atoms with Gasteiger partial charge in [-0.25, -0.2) is 0 Å². The van der Waals surface area contributed by atoms with Gasteiger partial charge in [-0.05, 0) is 61.5 Å². The van der Waals surface area contributed by atoms with Crippen LogP contribution in [-0.2, 0) is 30.5 Å². The maximum absolute atomic E-state index is 13.5. The van der Waals surface area contributed by atoms with E-state index in [9.17, 15) is 18.0 Å². The van der Waals surface area contributed by atoms with Crippen LogP contribution in [0.15, 0.2) is 48.5 Å².